The molecule has 0 aromatic heterocycles. The second-order valence-corrected chi connectivity index (χ2v) is 5.99. The molecule has 1 amide bonds. The van der Waals surface area contributed by atoms with Gasteiger partial charge in [-0.15, -0.1) is 0 Å². The van der Waals surface area contributed by atoms with Gasteiger partial charge in [0, 0.05) is 4.47 Å². The predicted octanol–water partition coefficient (Wildman–Crippen LogP) is 2.61. The largest absolute Gasteiger partial charge is 0.491 e. The second kappa shape index (κ2) is 5.84. The highest BCUT2D eigenvalue weighted by Gasteiger charge is 2.28. The molecule has 94 valence electrons. The average Bonchev–Trinajstić information content (AvgIpc) is 2.26. The van der Waals surface area contributed by atoms with Crippen LogP contribution in [0.2, 0.25) is 0 Å². The summed E-state index contributed by atoms with van der Waals surface area (Å²) in [5.74, 6) is 5.53. The molecule has 0 aliphatic carbocycles. The number of ether oxygens (including phenoxy) is 1. The third-order valence-corrected chi connectivity index (χ3v) is 3.34. The zero-order valence-corrected chi connectivity index (χ0v) is 12.8. The Hall–Kier alpha value is -0.590. The Balaban J connectivity index is 2.70. The summed E-state index contributed by atoms with van der Waals surface area (Å²) in [5, 5.41) is 0. The number of halogens is 2. The molecule has 0 heterocycles. The van der Waals surface area contributed by atoms with E-state index in [2.05, 4.69) is 37.3 Å². The summed E-state index contributed by atoms with van der Waals surface area (Å²) in [7, 11) is 0. The van der Waals surface area contributed by atoms with Crippen LogP contribution in [-0.4, -0.2) is 12.5 Å². The van der Waals surface area contributed by atoms with E-state index in [1.54, 1.807) is 13.8 Å². The highest BCUT2D eigenvalue weighted by Crippen LogP contribution is 2.29. The van der Waals surface area contributed by atoms with E-state index in [0.29, 0.717) is 5.75 Å². The molecule has 0 aliphatic heterocycles. The van der Waals surface area contributed by atoms with Crippen LogP contribution in [-0.2, 0) is 4.79 Å². The first-order valence-corrected chi connectivity index (χ1v) is 6.54. The molecule has 0 radical (unpaired) electrons. The van der Waals surface area contributed by atoms with Crippen molar-refractivity contribution >= 4 is 37.8 Å². The van der Waals surface area contributed by atoms with Gasteiger partial charge in [0.25, 0.3) is 0 Å². The molecule has 1 aromatic rings. The van der Waals surface area contributed by atoms with E-state index >= 15 is 0 Å². The van der Waals surface area contributed by atoms with Gasteiger partial charge in [-0.05, 0) is 48.0 Å². The van der Waals surface area contributed by atoms with Crippen molar-refractivity contribution in [1.82, 2.24) is 5.43 Å². The normalized spacial score (nSPS) is 11.1. The molecule has 0 bridgehead atoms. The van der Waals surface area contributed by atoms with Gasteiger partial charge in [0.15, 0.2) is 0 Å². The molecule has 0 saturated carbocycles. The molecule has 0 fully saturated rings. The van der Waals surface area contributed by atoms with Crippen LogP contribution >= 0.6 is 31.9 Å². The number of hydrogen-bond acceptors (Lipinski definition) is 3. The van der Waals surface area contributed by atoms with Crippen molar-refractivity contribution in [2.24, 2.45) is 11.3 Å². The van der Waals surface area contributed by atoms with Gasteiger partial charge in [0.1, 0.15) is 12.4 Å². The minimum Gasteiger partial charge on any atom is -0.491 e. The van der Waals surface area contributed by atoms with Crippen LogP contribution in [0, 0.1) is 5.41 Å². The number of carbonyl (C=O) groups is 1. The first-order valence-electron chi connectivity index (χ1n) is 4.96. The fourth-order valence-electron chi connectivity index (χ4n) is 1.11. The third-order valence-electron chi connectivity index (χ3n) is 2.23. The van der Waals surface area contributed by atoms with E-state index in [1.807, 2.05) is 18.2 Å². The van der Waals surface area contributed by atoms with Gasteiger partial charge in [-0.3, -0.25) is 10.2 Å². The van der Waals surface area contributed by atoms with Gasteiger partial charge in [0.05, 0.1) is 9.89 Å². The lowest BCUT2D eigenvalue weighted by atomic mass is 9.94. The molecule has 3 N–H and O–H groups in total. The van der Waals surface area contributed by atoms with Crippen molar-refractivity contribution in [2.45, 2.75) is 13.8 Å². The predicted molar refractivity (Wildman–Crippen MR) is 73.4 cm³/mol. The van der Waals surface area contributed by atoms with E-state index in [-0.39, 0.29) is 12.5 Å². The summed E-state index contributed by atoms with van der Waals surface area (Å²) >= 11 is 6.74. The van der Waals surface area contributed by atoms with Crippen LogP contribution in [0.3, 0.4) is 0 Å². The van der Waals surface area contributed by atoms with Gasteiger partial charge in [0.2, 0.25) is 5.91 Å². The summed E-state index contributed by atoms with van der Waals surface area (Å²) in [4.78, 5) is 11.5. The van der Waals surface area contributed by atoms with Crippen molar-refractivity contribution in [3.8, 4) is 5.75 Å². The van der Waals surface area contributed by atoms with Gasteiger partial charge in [-0.2, -0.15) is 0 Å². The lowest BCUT2D eigenvalue weighted by Gasteiger charge is -2.22. The van der Waals surface area contributed by atoms with E-state index < -0.39 is 5.41 Å². The van der Waals surface area contributed by atoms with Crippen molar-refractivity contribution in [3.05, 3.63) is 27.1 Å². The molecule has 4 nitrogen and oxygen atoms in total. The fraction of sp³-hybridized carbons (Fsp3) is 0.364. The molecule has 0 saturated heterocycles. The molecule has 6 heteroatoms. The van der Waals surface area contributed by atoms with E-state index in [0.717, 1.165) is 8.95 Å². The quantitative estimate of drug-likeness (QED) is 0.489. The number of nitrogens with one attached hydrogen (secondary N) is 1. The number of rotatable bonds is 4. The molecule has 0 unspecified atom stereocenters. The summed E-state index contributed by atoms with van der Waals surface area (Å²) in [5.41, 5.74) is 1.45. The van der Waals surface area contributed by atoms with Gasteiger partial charge < -0.3 is 4.74 Å². The number of benzene rings is 1. The van der Waals surface area contributed by atoms with Crippen LogP contribution in [0.1, 0.15) is 13.8 Å². The average molecular weight is 366 g/mol. The maximum absolute atomic E-state index is 11.5. The summed E-state index contributed by atoms with van der Waals surface area (Å²) in [6, 6.07) is 5.58. The van der Waals surface area contributed by atoms with Crippen LogP contribution in [0.15, 0.2) is 27.1 Å². The summed E-state index contributed by atoms with van der Waals surface area (Å²) in [6.07, 6.45) is 0. The van der Waals surface area contributed by atoms with Crippen LogP contribution < -0.4 is 16.0 Å². The van der Waals surface area contributed by atoms with Crippen LogP contribution in [0.5, 0.6) is 5.75 Å². The molecule has 0 atom stereocenters. The number of hydrazine groups is 1. The van der Waals surface area contributed by atoms with E-state index in [1.165, 1.54) is 0 Å². The van der Waals surface area contributed by atoms with Gasteiger partial charge >= 0.3 is 0 Å². The van der Waals surface area contributed by atoms with E-state index in [9.17, 15) is 4.79 Å². The monoisotopic (exact) mass is 364 g/mol. The second-order valence-electron chi connectivity index (χ2n) is 4.22. The molecular weight excluding hydrogens is 352 g/mol. The smallest absolute Gasteiger partial charge is 0.242 e. The van der Waals surface area contributed by atoms with Gasteiger partial charge in [-0.1, -0.05) is 15.9 Å². The highest BCUT2D eigenvalue weighted by atomic mass is 79.9. The first kappa shape index (κ1) is 14.5. The molecule has 0 spiro atoms. The third kappa shape index (κ3) is 3.97. The van der Waals surface area contributed by atoms with Crippen molar-refractivity contribution in [1.29, 1.82) is 0 Å². The minimum absolute atomic E-state index is 0.246. The standard InChI is InChI=1S/C11H14Br2N2O2/c1-11(2,10(16)15-14)6-17-9-4-3-7(12)5-8(9)13/h3-5H,6,14H2,1-2H3,(H,15,16). The Bertz CT molecular complexity index is 422. The van der Waals surface area contributed by atoms with Crippen LogP contribution in [0.25, 0.3) is 0 Å². The van der Waals surface area contributed by atoms with Crippen LogP contribution in [0.4, 0.5) is 0 Å². The van der Waals surface area contributed by atoms with E-state index in [4.69, 9.17) is 10.6 Å². The molecule has 0 aliphatic rings. The van der Waals surface area contributed by atoms with Gasteiger partial charge in [-0.25, -0.2) is 5.84 Å². The van der Waals surface area contributed by atoms with Crippen molar-refractivity contribution in [2.75, 3.05) is 6.61 Å². The molecular formula is C11H14Br2N2O2. The zero-order chi connectivity index (χ0) is 13.1. The zero-order valence-electron chi connectivity index (χ0n) is 9.59. The Kier molecular flexibility index (Phi) is 4.97. The van der Waals surface area contributed by atoms with Crippen molar-refractivity contribution in [3.63, 3.8) is 0 Å². The lowest BCUT2D eigenvalue weighted by Crippen LogP contribution is -2.44. The number of nitrogens with two attached hydrogens (primary N) is 1. The number of carbonyl (C=O) groups excluding carboxylic acids is 1. The summed E-state index contributed by atoms with van der Waals surface area (Å²) < 4.78 is 7.38. The maximum atomic E-state index is 11.5. The summed E-state index contributed by atoms with van der Waals surface area (Å²) in [6.45, 7) is 3.78. The number of hydrogen-bond donors (Lipinski definition) is 2. The Labute approximate surface area is 117 Å². The molecule has 1 rings (SSSR count). The minimum atomic E-state index is -0.679. The molecule has 1 aromatic carbocycles. The highest BCUT2D eigenvalue weighted by molar-refractivity contribution is 9.11. The topological polar surface area (TPSA) is 64.3 Å². The SMILES string of the molecule is CC(C)(COc1ccc(Br)cc1Br)C(=O)NN. The Morgan fingerprint density at radius 2 is 2.12 bits per heavy atom. The maximum Gasteiger partial charge on any atom is 0.242 e. The first-order chi connectivity index (χ1) is 7.86. The number of amides is 1. The lowest BCUT2D eigenvalue weighted by molar-refractivity contribution is -0.130. The van der Waals surface area contributed by atoms with Crippen molar-refractivity contribution < 1.29 is 9.53 Å². The Morgan fingerprint density at radius 3 is 2.65 bits per heavy atom. The fourth-order valence-corrected chi connectivity index (χ4v) is 2.27. The Morgan fingerprint density at radius 1 is 1.47 bits per heavy atom. The molecule has 17 heavy (non-hydrogen) atoms.